The second-order valence-corrected chi connectivity index (χ2v) is 7.58. The molecule has 0 atom stereocenters. The van der Waals surface area contributed by atoms with Gasteiger partial charge in [0.15, 0.2) is 0 Å². The van der Waals surface area contributed by atoms with E-state index in [1.165, 1.54) is 37.1 Å². The van der Waals surface area contributed by atoms with Gasteiger partial charge in [0.1, 0.15) is 0 Å². The van der Waals surface area contributed by atoms with Gasteiger partial charge in [-0.25, -0.2) is 9.59 Å². The molecule has 3 rings (SSSR count). The average molecular weight is 419 g/mol. The Kier molecular flexibility index (Phi) is 9.12. The van der Waals surface area contributed by atoms with Crippen molar-refractivity contribution in [3.8, 4) is 0 Å². The van der Waals surface area contributed by atoms with Gasteiger partial charge in [0, 0.05) is 24.2 Å². The molecule has 0 saturated carbocycles. The summed E-state index contributed by atoms with van der Waals surface area (Å²) in [5.74, 6) is -3.65. The Morgan fingerprint density at radius 1 is 0.966 bits per heavy atom. The third-order valence-electron chi connectivity index (χ3n) is 4.96. The molecule has 29 heavy (non-hydrogen) atoms. The lowest BCUT2D eigenvalue weighted by Crippen LogP contribution is -2.42. The molecule has 6 nitrogen and oxygen atoms in total. The van der Waals surface area contributed by atoms with Crippen LogP contribution in [0, 0.1) is 0 Å². The van der Waals surface area contributed by atoms with Gasteiger partial charge in [0.25, 0.3) is 0 Å². The van der Waals surface area contributed by atoms with E-state index in [4.69, 9.17) is 31.4 Å². The van der Waals surface area contributed by atoms with Crippen molar-refractivity contribution in [2.75, 3.05) is 20.1 Å². The molecule has 1 heterocycles. The first-order valence-corrected chi connectivity index (χ1v) is 9.90. The summed E-state index contributed by atoms with van der Waals surface area (Å²) in [6.07, 6.45) is 2.49. The van der Waals surface area contributed by atoms with Gasteiger partial charge >= 0.3 is 11.9 Å². The van der Waals surface area contributed by atoms with Crippen LogP contribution in [-0.4, -0.2) is 58.1 Å². The molecule has 1 saturated heterocycles. The molecule has 0 radical (unpaired) electrons. The number of nitrogens with zero attached hydrogens (tertiary/aromatic N) is 2. The number of hydrogen-bond donors (Lipinski definition) is 2. The van der Waals surface area contributed by atoms with Crippen molar-refractivity contribution < 1.29 is 19.8 Å². The highest BCUT2D eigenvalue weighted by Gasteiger charge is 2.22. The van der Waals surface area contributed by atoms with Gasteiger partial charge in [-0.15, -0.1) is 0 Å². The van der Waals surface area contributed by atoms with Crippen molar-refractivity contribution in [2.24, 2.45) is 0 Å². The number of carbonyl (C=O) groups is 2. The zero-order valence-electron chi connectivity index (χ0n) is 16.5. The highest BCUT2D eigenvalue weighted by atomic mass is 35.5. The quantitative estimate of drug-likeness (QED) is 0.722. The number of halogens is 1. The molecule has 0 spiro atoms. The van der Waals surface area contributed by atoms with Crippen LogP contribution in [0.4, 0.5) is 0 Å². The van der Waals surface area contributed by atoms with E-state index < -0.39 is 11.9 Å². The Hall–Kier alpha value is -2.41. The molecule has 0 bridgehead atoms. The predicted octanol–water partition coefficient (Wildman–Crippen LogP) is 3.59. The van der Waals surface area contributed by atoms with E-state index in [0.717, 1.165) is 18.1 Å². The minimum absolute atomic E-state index is 0.691. The molecule has 7 heteroatoms. The number of aliphatic carboxylic acids is 2. The number of rotatable bonds is 5. The fourth-order valence-corrected chi connectivity index (χ4v) is 3.49. The molecule has 0 amide bonds. The van der Waals surface area contributed by atoms with Gasteiger partial charge in [-0.1, -0.05) is 54.1 Å². The maximum absolute atomic E-state index is 9.10. The zero-order chi connectivity index (χ0) is 21.2. The fraction of sp³-hybridized carbons (Fsp3) is 0.364. The Morgan fingerprint density at radius 3 is 2.03 bits per heavy atom. The highest BCUT2D eigenvalue weighted by molar-refractivity contribution is 6.30. The van der Waals surface area contributed by atoms with Gasteiger partial charge in [-0.3, -0.25) is 9.80 Å². The lowest BCUT2D eigenvalue weighted by Gasteiger charge is -2.36. The summed E-state index contributed by atoms with van der Waals surface area (Å²) in [5, 5.41) is 15.6. The fourth-order valence-electron chi connectivity index (χ4n) is 3.37. The second kappa shape index (κ2) is 11.6. The van der Waals surface area contributed by atoms with Crippen molar-refractivity contribution in [2.45, 2.75) is 32.0 Å². The van der Waals surface area contributed by atoms with Gasteiger partial charge in [-0.05, 0) is 56.2 Å². The van der Waals surface area contributed by atoms with Crippen molar-refractivity contribution in [1.29, 1.82) is 0 Å². The molecular weight excluding hydrogens is 392 g/mol. The number of carboxylic acids is 2. The molecule has 0 unspecified atom stereocenters. The first kappa shape index (κ1) is 22.9. The van der Waals surface area contributed by atoms with Crippen LogP contribution >= 0.6 is 11.6 Å². The van der Waals surface area contributed by atoms with Gasteiger partial charge in [0.2, 0.25) is 0 Å². The molecule has 0 aliphatic carbocycles. The number of carboxylic acid groups (broad SMARTS) is 2. The molecular formula is C22H27ClN2O4. The first-order chi connectivity index (χ1) is 13.8. The number of hydrogen-bond acceptors (Lipinski definition) is 4. The molecule has 1 aliphatic heterocycles. The lowest BCUT2D eigenvalue weighted by atomic mass is 10.0. The SMILES string of the molecule is CN(Cc1ccccc1)C1CCN(Cc2ccc(Cl)cc2)CC1.O=C(O)C(=O)O. The smallest absolute Gasteiger partial charge is 0.414 e. The largest absolute Gasteiger partial charge is 0.473 e. The van der Waals surface area contributed by atoms with E-state index in [2.05, 4.69) is 59.3 Å². The summed E-state index contributed by atoms with van der Waals surface area (Å²) in [5.41, 5.74) is 2.75. The van der Waals surface area contributed by atoms with Crippen LogP contribution in [0.25, 0.3) is 0 Å². The third-order valence-corrected chi connectivity index (χ3v) is 5.21. The molecule has 156 valence electrons. The minimum Gasteiger partial charge on any atom is -0.473 e. The maximum atomic E-state index is 9.10. The van der Waals surface area contributed by atoms with Gasteiger partial charge < -0.3 is 10.2 Å². The first-order valence-electron chi connectivity index (χ1n) is 9.52. The molecule has 1 aliphatic rings. The Labute approximate surface area is 176 Å². The van der Waals surface area contributed by atoms with Crippen molar-refractivity contribution in [3.63, 3.8) is 0 Å². The van der Waals surface area contributed by atoms with Gasteiger partial charge in [-0.2, -0.15) is 0 Å². The van der Waals surface area contributed by atoms with Crippen LogP contribution in [0.5, 0.6) is 0 Å². The molecule has 0 aromatic heterocycles. The van der Waals surface area contributed by atoms with Gasteiger partial charge in [0.05, 0.1) is 0 Å². The summed E-state index contributed by atoms with van der Waals surface area (Å²) >= 11 is 5.96. The highest BCUT2D eigenvalue weighted by Crippen LogP contribution is 2.20. The average Bonchev–Trinajstić information content (AvgIpc) is 2.71. The summed E-state index contributed by atoms with van der Waals surface area (Å²) in [6, 6.07) is 19.7. The summed E-state index contributed by atoms with van der Waals surface area (Å²) in [4.78, 5) is 23.3. The standard InChI is InChI=1S/C20H25ClN2.C2H2O4/c1-22(15-17-5-3-2-4-6-17)20-11-13-23(14-12-20)16-18-7-9-19(21)10-8-18;3-1(4)2(5)6/h2-10,20H,11-16H2,1H3;(H,3,4)(H,5,6). The predicted molar refractivity (Wildman–Crippen MR) is 113 cm³/mol. The van der Waals surface area contributed by atoms with Crippen LogP contribution in [0.15, 0.2) is 54.6 Å². The van der Waals surface area contributed by atoms with E-state index in [1.54, 1.807) is 0 Å². The van der Waals surface area contributed by atoms with E-state index in [9.17, 15) is 0 Å². The molecule has 1 fully saturated rings. The summed E-state index contributed by atoms with van der Waals surface area (Å²) < 4.78 is 0. The monoisotopic (exact) mass is 418 g/mol. The minimum atomic E-state index is -1.82. The Balaban J connectivity index is 0.000000438. The maximum Gasteiger partial charge on any atom is 0.414 e. The molecule has 2 aromatic rings. The second-order valence-electron chi connectivity index (χ2n) is 7.14. The van der Waals surface area contributed by atoms with E-state index in [0.29, 0.717) is 6.04 Å². The number of likely N-dealkylation sites (tertiary alicyclic amines) is 1. The van der Waals surface area contributed by atoms with Crippen molar-refractivity contribution in [3.05, 3.63) is 70.7 Å². The number of benzene rings is 2. The normalized spacial score (nSPS) is 14.9. The lowest BCUT2D eigenvalue weighted by molar-refractivity contribution is -0.159. The van der Waals surface area contributed by atoms with Crippen LogP contribution in [-0.2, 0) is 22.7 Å². The Morgan fingerprint density at radius 2 is 1.52 bits per heavy atom. The van der Waals surface area contributed by atoms with Crippen molar-refractivity contribution in [1.82, 2.24) is 9.80 Å². The number of piperidine rings is 1. The van der Waals surface area contributed by atoms with Crippen LogP contribution in [0.2, 0.25) is 5.02 Å². The third kappa shape index (κ3) is 8.23. The van der Waals surface area contributed by atoms with Crippen LogP contribution in [0.3, 0.4) is 0 Å². The van der Waals surface area contributed by atoms with E-state index >= 15 is 0 Å². The van der Waals surface area contributed by atoms with Crippen LogP contribution < -0.4 is 0 Å². The zero-order valence-corrected chi connectivity index (χ0v) is 17.3. The van der Waals surface area contributed by atoms with Crippen LogP contribution in [0.1, 0.15) is 24.0 Å². The van der Waals surface area contributed by atoms with E-state index in [1.807, 2.05) is 12.1 Å². The topological polar surface area (TPSA) is 81.1 Å². The summed E-state index contributed by atoms with van der Waals surface area (Å²) in [6.45, 7) is 4.42. The van der Waals surface area contributed by atoms with Crippen molar-refractivity contribution >= 4 is 23.5 Å². The Bertz CT molecular complexity index is 763. The van der Waals surface area contributed by atoms with E-state index in [-0.39, 0.29) is 0 Å². The summed E-state index contributed by atoms with van der Waals surface area (Å²) in [7, 11) is 2.26. The molecule has 2 N–H and O–H groups in total. The molecule has 2 aromatic carbocycles.